The third kappa shape index (κ3) is 3.23. The van der Waals surface area contributed by atoms with Crippen LogP contribution in [0.15, 0.2) is 12.1 Å². The molecule has 3 saturated heterocycles. The van der Waals surface area contributed by atoms with Crippen molar-refractivity contribution in [1.29, 1.82) is 0 Å². The molecular formula is C18H23Cl2N3O2. The van der Waals surface area contributed by atoms with Crippen LogP contribution in [-0.4, -0.2) is 65.6 Å². The Balaban J connectivity index is 1.53. The fraction of sp³-hybridized carbons (Fsp3) is 0.611. The maximum absolute atomic E-state index is 12.7. The van der Waals surface area contributed by atoms with Gasteiger partial charge in [0.05, 0.1) is 10.0 Å². The summed E-state index contributed by atoms with van der Waals surface area (Å²) in [5.41, 5.74) is 0.690. The zero-order chi connectivity index (χ0) is 17.6. The topological polar surface area (TPSA) is 55.8 Å². The molecule has 0 aromatic heterocycles. The first-order valence-corrected chi connectivity index (χ1v) is 9.71. The van der Waals surface area contributed by atoms with Crippen molar-refractivity contribution in [2.24, 2.45) is 0 Å². The summed E-state index contributed by atoms with van der Waals surface area (Å²) >= 11 is 12.5. The van der Waals surface area contributed by atoms with Gasteiger partial charge in [-0.05, 0) is 25.0 Å². The molecule has 0 radical (unpaired) electrons. The molecule has 1 aromatic rings. The summed E-state index contributed by atoms with van der Waals surface area (Å²) in [6.45, 7) is 4.62. The van der Waals surface area contributed by atoms with E-state index in [0.717, 1.165) is 39.0 Å². The number of phenolic OH excluding ortho intramolecular Hbond substituents is 1. The molecule has 0 spiro atoms. The molecule has 0 unspecified atom stereocenters. The van der Waals surface area contributed by atoms with Crippen molar-refractivity contribution in [2.75, 3.05) is 32.7 Å². The van der Waals surface area contributed by atoms with E-state index in [4.69, 9.17) is 23.2 Å². The molecule has 136 valence electrons. The van der Waals surface area contributed by atoms with Crippen LogP contribution in [0.5, 0.6) is 5.75 Å². The number of carbonyl (C=O) groups excluding carboxylic acids is 1. The molecule has 5 nitrogen and oxygen atoms in total. The molecule has 3 aliphatic rings. The van der Waals surface area contributed by atoms with E-state index in [1.165, 1.54) is 0 Å². The van der Waals surface area contributed by atoms with Crippen molar-refractivity contribution in [3.05, 3.63) is 27.7 Å². The van der Waals surface area contributed by atoms with E-state index >= 15 is 0 Å². The second-order valence-corrected chi connectivity index (χ2v) is 8.09. The third-order valence-corrected chi connectivity index (χ3v) is 6.69. The summed E-state index contributed by atoms with van der Waals surface area (Å²) in [6, 6.07) is 3.75. The maximum Gasteiger partial charge on any atom is 0.224 e. The van der Waals surface area contributed by atoms with E-state index in [1.54, 1.807) is 12.1 Å². The van der Waals surface area contributed by atoms with Gasteiger partial charge < -0.3 is 15.3 Å². The minimum Gasteiger partial charge on any atom is -0.508 e. The summed E-state index contributed by atoms with van der Waals surface area (Å²) in [6.07, 6.45) is 2.43. The van der Waals surface area contributed by atoms with Crippen LogP contribution < -0.4 is 5.32 Å². The molecule has 0 aliphatic carbocycles. The van der Waals surface area contributed by atoms with Crippen molar-refractivity contribution < 1.29 is 9.90 Å². The van der Waals surface area contributed by atoms with Crippen molar-refractivity contribution in [1.82, 2.24) is 15.1 Å². The van der Waals surface area contributed by atoms with Crippen LogP contribution >= 0.6 is 23.2 Å². The van der Waals surface area contributed by atoms with Crippen molar-refractivity contribution >= 4 is 29.1 Å². The first kappa shape index (κ1) is 17.4. The van der Waals surface area contributed by atoms with Gasteiger partial charge in [-0.1, -0.05) is 23.2 Å². The third-order valence-electron chi connectivity index (χ3n) is 5.88. The summed E-state index contributed by atoms with van der Waals surface area (Å²) in [4.78, 5) is 17.1. The second kappa shape index (κ2) is 6.95. The number of rotatable bonds is 2. The monoisotopic (exact) mass is 383 g/mol. The number of halogens is 2. The number of piperazine rings is 1. The molecular weight excluding hydrogens is 361 g/mol. The predicted octanol–water partition coefficient (Wildman–Crippen LogP) is 2.45. The van der Waals surface area contributed by atoms with Gasteiger partial charge in [0.15, 0.2) is 0 Å². The number of hydrogen-bond acceptors (Lipinski definition) is 4. The Bertz CT molecular complexity index is 679. The van der Waals surface area contributed by atoms with E-state index in [0.29, 0.717) is 34.6 Å². The van der Waals surface area contributed by atoms with Crippen LogP contribution in [-0.2, 0) is 4.79 Å². The van der Waals surface area contributed by atoms with Gasteiger partial charge in [0.2, 0.25) is 5.91 Å². The van der Waals surface area contributed by atoms with Crippen LogP contribution in [0.4, 0.5) is 0 Å². The van der Waals surface area contributed by atoms with E-state index in [2.05, 4.69) is 10.2 Å². The quantitative estimate of drug-likeness (QED) is 0.823. The highest BCUT2D eigenvalue weighted by atomic mass is 35.5. The molecule has 1 amide bonds. The van der Waals surface area contributed by atoms with E-state index < -0.39 is 0 Å². The number of carbonyl (C=O) groups is 1. The Morgan fingerprint density at radius 1 is 1.12 bits per heavy atom. The number of piperidine rings is 1. The van der Waals surface area contributed by atoms with E-state index in [-0.39, 0.29) is 23.6 Å². The molecule has 2 N–H and O–H groups in total. The molecule has 3 heterocycles. The second-order valence-electron chi connectivity index (χ2n) is 7.31. The molecule has 3 atom stereocenters. The summed E-state index contributed by atoms with van der Waals surface area (Å²) in [7, 11) is 0. The highest BCUT2D eigenvalue weighted by molar-refractivity contribution is 6.42. The van der Waals surface area contributed by atoms with Gasteiger partial charge in [0, 0.05) is 62.7 Å². The highest BCUT2D eigenvalue weighted by Crippen LogP contribution is 2.45. The van der Waals surface area contributed by atoms with Gasteiger partial charge in [-0.15, -0.1) is 0 Å². The number of nitrogens with zero attached hydrogens (tertiary/aromatic N) is 2. The van der Waals surface area contributed by atoms with Gasteiger partial charge in [0.25, 0.3) is 0 Å². The Morgan fingerprint density at radius 3 is 2.64 bits per heavy atom. The van der Waals surface area contributed by atoms with Gasteiger partial charge in [-0.2, -0.15) is 0 Å². The standard InChI is InChI=1S/C18H23Cl2N3O2/c19-14-1-2-15(24)17(18(14)20)11-7-13-8-12(9-16(25)23(13)10-11)22-5-3-21-4-6-22/h1-2,11-13,21,24H,3-10H2/t11-,12+,13-/m0/s1. The lowest BCUT2D eigenvalue weighted by molar-refractivity contribution is -0.137. The first-order chi connectivity index (χ1) is 12.0. The van der Waals surface area contributed by atoms with Gasteiger partial charge >= 0.3 is 0 Å². The van der Waals surface area contributed by atoms with Gasteiger partial charge in [-0.3, -0.25) is 9.69 Å². The van der Waals surface area contributed by atoms with Crippen molar-refractivity contribution in [3.63, 3.8) is 0 Å². The molecule has 3 aliphatic heterocycles. The lowest BCUT2D eigenvalue weighted by Gasteiger charge is -2.41. The van der Waals surface area contributed by atoms with Crippen LogP contribution in [0.2, 0.25) is 10.0 Å². The number of aromatic hydroxyl groups is 1. The summed E-state index contributed by atoms with van der Waals surface area (Å²) in [5, 5.41) is 14.5. The van der Waals surface area contributed by atoms with Crippen LogP contribution in [0.25, 0.3) is 0 Å². The zero-order valence-electron chi connectivity index (χ0n) is 14.0. The number of hydrogen-bond donors (Lipinski definition) is 2. The van der Waals surface area contributed by atoms with Crippen LogP contribution in [0.3, 0.4) is 0 Å². The average Bonchev–Trinajstić information content (AvgIpc) is 3.03. The highest BCUT2D eigenvalue weighted by Gasteiger charge is 2.43. The minimum atomic E-state index is 0.0434. The maximum atomic E-state index is 12.7. The lowest BCUT2D eigenvalue weighted by Crippen LogP contribution is -2.54. The number of fused-ring (bicyclic) bond motifs is 1. The largest absolute Gasteiger partial charge is 0.508 e. The van der Waals surface area contributed by atoms with Gasteiger partial charge in [-0.25, -0.2) is 0 Å². The number of amides is 1. The number of nitrogens with one attached hydrogen (secondary N) is 1. The SMILES string of the molecule is O=C1C[C@H](N2CCNCC2)C[C@@H]2C[C@H](c3c(O)ccc(Cl)c3Cl)CN12. The zero-order valence-corrected chi connectivity index (χ0v) is 15.6. The molecule has 3 fully saturated rings. The van der Waals surface area contributed by atoms with Crippen molar-refractivity contribution in [3.8, 4) is 5.75 Å². The molecule has 4 rings (SSSR count). The minimum absolute atomic E-state index is 0.0434. The molecule has 0 saturated carbocycles. The average molecular weight is 384 g/mol. The van der Waals surface area contributed by atoms with Crippen molar-refractivity contribution in [2.45, 2.75) is 37.3 Å². The fourth-order valence-electron chi connectivity index (χ4n) is 4.64. The van der Waals surface area contributed by atoms with E-state index in [9.17, 15) is 9.90 Å². The smallest absolute Gasteiger partial charge is 0.224 e. The number of benzene rings is 1. The number of phenols is 1. The molecule has 0 bridgehead atoms. The Labute approximate surface area is 157 Å². The predicted molar refractivity (Wildman–Crippen MR) is 98.5 cm³/mol. The lowest BCUT2D eigenvalue weighted by atomic mass is 9.91. The normalized spacial score (nSPS) is 30.6. The van der Waals surface area contributed by atoms with Crippen LogP contribution in [0, 0.1) is 0 Å². The fourth-order valence-corrected chi connectivity index (χ4v) is 5.12. The Morgan fingerprint density at radius 2 is 1.88 bits per heavy atom. The Hall–Kier alpha value is -1.01. The van der Waals surface area contributed by atoms with Gasteiger partial charge in [0.1, 0.15) is 5.75 Å². The Kier molecular flexibility index (Phi) is 4.84. The summed E-state index contributed by atoms with van der Waals surface area (Å²) < 4.78 is 0. The summed E-state index contributed by atoms with van der Waals surface area (Å²) in [5.74, 6) is 0.437. The van der Waals surface area contributed by atoms with E-state index in [1.807, 2.05) is 4.90 Å². The molecule has 1 aromatic carbocycles. The van der Waals surface area contributed by atoms with Crippen LogP contribution in [0.1, 0.15) is 30.7 Å². The molecule has 25 heavy (non-hydrogen) atoms. The first-order valence-electron chi connectivity index (χ1n) is 8.95. The molecule has 7 heteroatoms.